The number of ether oxygens (including phenoxy) is 1. The van der Waals surface area contributed by atoms with E-state index >= 15 is 0 Å². The van der Waals surface area contributed by atoms with Crippen molar-refractivity contribution in [3.8, 4) is 17.3 Å². The summed E-state index contributed by atoms with van der Waals surface area (Å²) in [5, 5.41) is 2.94. The van der Waals surface area contributed by atoms with Gasteiger partial charge in [-0.2, -0.15) is 0 Å². The summed E-state index contributed by atoms with van der Waals surface area (Å²) in [6, 6.07) is 6.10. The van der Waals surface area contributed by atoms with Crippen LogP contribution < -0.4 is 15.6 Å². The van der Waals surface area contributed by atoms with E-state index < -0.39 is 17.4 Å². The van der Waals surface area contributed by atoms with Crippen molar-refractivity contribution in [2.45, 2.75) is 64.0 Å². The Morgan fingerprint density at radius 1 is 1.23 bits per heavy atom. The third kappa shape index (κ3) is 5.37. The maximum atomic E-state index is 14.0. The van der Waals surface area contributed by atoms with Gasteiger partial charge in [-0.25, -0.2) is 14.4 Å². The Morgan fingerprint density at radius 2 is 1.95 bits per heavy atom. The number of unbranched alkanes of at least 4 members (excludes halogenated alkanes) is 1. The number of carbonyl (C=O) groups is 2. The number of hydrogen-bond donors (Lipinski definition) is 1. The summed E-state index contributed by atoms with van der Waals surface area (Å²) in [7, 11) is 3.04. The number of benzene rings is 1. The Hall–Kier alpha value is -4.02. The molecule has 2 amide bonds. The van der Waals surface area contributed by atoms with E-state index in [2.05, 4.69) is 10.3 Å². The van der Waals surface area contributed by atoms with Gasteiger partial charge in [-0.3, -0.25) is 19.0 Å². The molecule has 0 saturated heterocycles. The van der Waals surface area contributed by atoms with E-state index in [1.54, 1.807) is 22.9 Å². The molecule has 2 aromatic heterocycles. The Balaban J connectivity index is 1.59. The lowest BCUT2D eigenvalue weighted by molar-refractivity contribution is -0.145. The highest BCUT2D eigenvalue weighted by molar-refractivity contribution is 6.35. The summed E-state index contributed by atoms with van der Waals surface area (Å²) in [5.41, 5.74) is -0.353. The fraction of sp³-hybridized carbons (Fsp3) is 0.483. The average Bonchev–Trinajstić information content (AvgIpc) is 3.28. The number of nitrogens with zero attached hydrogens (tertiary/aromatic N) is 4. The second kappa shape index (κ2) is 11.2. The molecule has 1 N–H and O–H groups in total. The van der Waals surface area contributed by atoms with E-state index in [0.29, 0.717) is 44.0 Å². The Morgan fingerprint density at radius 3 is 2.62 bits per heavy atom. The van der Waals surface area contributed by atoms with Gasteiger partial charge in [-0.1, -0.05) is 25.5 Å². The minimum Gasteiger partial charge on any atom is -0.486 e. The van der Waals surface area contributed by atoms with Crippen molar-refractivity contribution in [2.75, 3.05) is 20.7 Å². The third-order valence-corrected chi connectivity index (χ3v) is 7.70. The standard InChI is InChI=1S/C29H34FN5O5/c1-4-5-14-39-23-22(25-31-16-21(40-25)15-18-6-8-20(30)9-7-18)32-28-29(33-24(36)27(38)34(2)3)12-10-19(11-13-29)17-35(28)26(23)37/h6-9,16,19H,4-5,10-15,17H2,1-3H3,(H,33,36). The van der Waals surface area contributed by atoms with Crippen LogP contribution in [0.2, 0.25) is 0 Å². The number of carbonyl (C=O) groups excluding carboxylic acids is 2. The van der Waals surface area contributed by atoms with Crippen molar-refractivity contribution >= 4 is 11.8 Å². The number of halogens is 1. The van der Waals surface area contributed by atoms with Crippen LogP contribution in [0, 0.1) is 11.7 Å². The van der Waals surface area contributed by atoms with Gasteiger partial charge in [0.2, 0.25) is 11.6 Å². The largest absolute Gasteiger partial charge is 0.486 e. The molecule has 1 fully saturated rings. The van der Waals surface area contributed by atoms with E-state index in [1.165, 1.54) is 31.1 Å². The second-order valence-electron chi connectivity index (χ2n) is 10.8. The lowest BCUT2D eigenvalue weighted by atomic mass is 9.77. The number of amides is 2. The Labute approximate surface area is 231 Å². The van der Waals surface area contributed by atoms with Gasteiger partial charge in [-0.15, -0.1) is 0 Å². The van der Waals surface area contributed by atoms with Crippen molar-refractivity contribution < 1.29 is 23.1 Å². The lowest BCUT2D eigenvalue weighted by Gasteiger charge is -2.37. The predicted molar refractivity (Wildman–Crippen MR) is 144 cm³/mol. The first-order valence-corrected chi connectivity index (χ1v) is 13.7. The Kier molecular flexibility index (Phi) is 7.73. The zero-order valence-corrected chi connectivity index (χ0v) is 23.0. The van der Waals surface area contributed by atoms with Crippen LogP contribution in [0.4, 0.5) is 4.39 Å². The summed E-state index contributed by atoms with van der Waals surface area (Å²) < 4.78 is 27.0. The lowest BCUT2D eigenvalue weighted by Crippen LogP contribution is -2.53. The normalized spacial score (nSPS) is 19.6. The first kappa shape index (κ1) is 27.5. The molecule has 40 heavy (non-hydrogen) atoms. The van der Waals surface area contributed by atoms with Crippen LogP contribution in [0.5, 0.6) is 5.75 Å². The second-order valence-corrected chi connectivity index (χ2v) is 10.8. The fourth-order valence-electron chi connectivity index (χ4n) is 5.46. The predicted octanol–water partition coefficient (Wildman–Crippen LogP) is 3.41. The molecule has 2 aliphatic heterocycles. The zero-order valence-electron chi connectivity index (χ0n) is 23.0. The molecule has 10 nitrogen and oxygen atoms in total. The summed E-state index contributed by atoms with van der Waals surface area (Å²) in [4.78, 5) is 49.9. The van der Waals surface area contributed by atoms with Crippen LogP contribution in [-0.4, -0.2) is 52.0 Å². The molecule has 1 aliphatic carbocycles. The van der Waals surface area contributed by atoms with Crippen molar-refractivity contribution in [3.05, 3.63) is 63.8 Å². The number of hydrogen-bond acceptors (Lipinski definition) is 7. The molecule has 11 heteroatoms. The fourth-order valence-corrected chi connectivity index (χ4v) is 5.46. The number of nitrogens with one attached hydrogen (secondary N) is 1. The number of likely N-dealkylation sites (N-methyl/N-ethyl adjacent to an activating group) is 1. The molecule has 0 spiro atoms. The number of fused-ring (bicyclic) bond motifs is 2. The van der Waals surface area contributed by atoms with Crippen molar-refractivity contribution in [3.63, 3.8) is 0 Å². The summed E-state index contributed by atoms with van der Waals surface area (Å²) in [6.45, 7) is 2.80. The smallest absolute Gasteiger partial charge is 0.311 e. The van der Waals surface area contributed by atoms with Crippen LogP contribution in [0.15, 0.2) is 39.7 Å². The molecule has 3 aromatic rings. The van der Waals surface area contributed by atoms with Crippen molar-refractivity contribution in [2.24, 2.45) is 5.92 Å². The Bertz CT molecular complexity index is 1450. The molecule has 2 bridgehead atoms. The van der Waals surface area contributed by atoms with Gasteiger partial charge in [0.15, 0.2) is 5.69 Å². The minimum absolute atomic E-state index is 0.0551. The molecule has 0 atom stereocenters. The molecule has 0 unspecified atom stereocenters. The molecular formula is C29H34FN5O5. The SMILES string of the molecule is CCCCOc1c(-c2ncc(Cc3ccc(F)cc3)o2)nc2n(c1=O)CC1CCC2(NC(=O)C(=O)N(C)C)CC1. The molecule has 4 heterocycles. The number of rotatable bonds is 8. The van der Waals surface area contributed by atoms with Gasteiger partial charge >= 0.3 is 11.8 Å². The summed E-state index contributed by atoms with van der Waals surface area (Å²) >= 11 is 0. The monoisotopic (exact) mass is 551 g/mol. The van der Waals surface area contributed by atoms with Gasteiger partial charge < -0.3 is 19.4 Å². The van der Waals surface area contributed by atoms with E-state index in [0.717, 1.165) is 31.2 Å². The first-order chi connectivity index (χ1) is 19.2. The van der Waals surface area contributed by atoms with Gasteiger partial charge in [0.1, 0.15) is 17.4 Å². The maximum Gasteiger partial charge on any atom is 0.311 e. The third-order valence-electron chi connectivity index (χ3n) is 7.70. The summed E-state index contributed by atoms with van der Waals surface area (Å²) in [5.74, 6) is -0.428. The molecule has 6 rings (SSSR count). The van der Waals surface area contributed by atoms with Crippen LogP contribution >= 0.6 is 0 Å². The van der Waals surface area contributed by atoms with E-state index in [-0.39, 0.29) is 34.6 Å². The molecule has 0 radical (unpaired) electrons. The number of oxazole rings is 1. The molecule has 212 valence electrons. The average molecular weight is 552 g/mol. The zero-order chi connectivity index (χ0) is 28.4. The van der Waals surface area contributed by atoms with Gasteiger partial charge in [0.05, 0.1) is 18.3 Å². The van der Waals surface area contributed by atoms with E-state index in [9.17, 15) is 18.8 Å². The van der Waals surface area contributed by atoms with Crippen LogP contribution in [-0.2, 0) is 28.1 Å². The first-order valence-electron chi connectivity index (χ1n) is 13.7. The quantitative estimate of drug-likeness (QED) is 0.337. The minimum atomic E-state index is -0.991. The summed E-state index contributed by atoms with van der Waals surface area (Å²) in [6.07, 6.45) is 6.21. The highest BCUT2D eigenvalue weighted by Crippen LogP contribution is 2.43. The molecule has 3 aliphatic rings. The maximum absolute atomic E-state index is 14.0. The van der Waals surface area contributed by atoms with E-state index in [4.69, 9.17) is 14.1 Å². The van der Waals surface area contributed by atoms with Crippen molar-refractivity contribution in [1.82, 2.24) is 24.8 Å². The highest BCUT2D eigenvalue weighted by atomic mass is 19.1. The highest BCUT2D eigenvalue weighted by Gasteiger charge is 2.47. The van der Waals surface area contributed by atoms with E-state index in [1.807, 2.05) is 6.92 Å². The van der Waals surface area contributed by atoms with Crippen LogP contribution in [0.1, 0.15) is 62.6 Å². The van der Waals surface area contributed by atoms with Gasteiger partial charge in [0.25, 0.3) is 5.56 Å². The van der Waals surface area contributed by atoms with Gasteiger partial charge in [0, 0.05) is 27.1 Å². The van der Waals surface area contributed by atoms with Crippen molar-refractivity contribution in [1.29, 1.82) is 0 Å². The van der Waals surface area contributed by atoms with Crippen LogP contribution in [0.3, 0.4) is 0 Å². The topological polar surface area (TPSA) is 120 Å². The molecule has 1 saturated carbocycles. The van der Waals surface area contributed by atoms with Gasteiger partial charge in [-0.05, 0) is 55.7 Å². The molecule has 1 aromatic carbocycles. The molecular weight excluding hydrogens is 517 g/mol. The number of aromatic nitrogens is 3. The van der Waals surface area contributed by atoms with Crippen LogP contribution in [0.25, 0.3) is 11.6 Å².